The minimum absolute atomic E-state index is 0.230. The zero-order valence-electron chi connectivity index (χ0n) is 11.1. The van der Waals surface area contributed by atoms with E-state index in [1.807, 2.05) is 42.5 Å². The van der Waals surface area contributed by atoms with Crippen LogP contribution < -0.4 is 5.43 Å². The fraction of sp³-hybridized carbons (Fsp3) is 0. The molecule has 0 radical (unpaired) electrons. The molecule has 0 aliphatic carbocycles. The van der Waals surface area contributed by atoms with E-state index in [2.05, 4.69) is 20.5 Å². The molecular formula is C16H12N4O. The first kappa shape index (κ1) is 12.9. The van der Waals surface area contributed by atoms with Gasteiger partial charge < -0.3 is 0 Å². The van der Waals surface area contributed by atoms with Gasteiger partial charge in [0.25, 0.3) is 5.91 Å². The predicted molar refractivity (Wildman–Crippen MR) is 81.0 cm³/mol. The molecule has 1 amide bonds. The summed E-state index contributed by atoms with van der Waals surface area (Å²) in [5.74, 6) is -0.389. The van der Waals surface area contributed by atoms with E-state index in [9.17, 15) is 4.79 Å². The Labute approximate surface area is 121 Å². The SMILES string of the molecule is O=C(N/N=C/c1ccc2ccccc2c1)c1cnccn1. The van der Waals surface area contributed by atoms with Gasteiger partial charge in [-0.1, -0.05) is 36.4 Å². The molecule has 1 aromatic heterocycles. The van der Waals surface area contributed by atoms with E-state index in [0.717, 1.165) is 10.9 Å². The second kappa shape index (κ2) is 5.92. The third-order valence-electron chi connectivity index (χ3n) is 2.95. The van der Waals surface area contributed by atoms with Crippen molar-refractivity contribution in [1.82, 2.24) is 15.4 Å². The number of carbonyl (C=O) groups is 1. The molecular weight excluding hydrogens is 264 g/mol. The molecule has 0 saturated heterocycles. The van der Waals surface area contributed by atoms with Crippen molar-refractivity contribution >= 4 is 22.9 Å². The van der Waals surface area contributed by atoms with Crippen molar-refractivity contribution in [3.05, 3.63) is 72.3 Å². The molecule has 1 N–H and O–H groups in total. The van der Waals surface area contributed by atoms with Crippen LogP contribution in [0.1, 0.15) is 16.1 Å². The van der Waals surface area contributed by atoms with E-state index in [-0.39, 0.29) is 11.6 Å². The number of benzene rings is 2. The highest BCUT2D eigenvalue weighted by Crippen LogP contribution is 2.14. The summed E-state index contributed by atoms with van der Waals surface area (Å²) in [6, 6.07) is 14.0. The molecule has 102 valence electrons. The lowest BCUT2D eigenvalue weighted by molar-refractivity contribution is 0.0950. The molecule has 21 heavy (non-hydrogen) atoms. The highest BCUT2D eigenvalue weighted by molar-refractivity contribution is 5.94. The Hall–Kier alpha value is -3.08. The minimum atomic E-state index is -0.389. The van der Waals surface area contributed by atoms with Gasteiger partial charge in [-0.05, 0) is 22.4 Å². The monoisotopic (exact) mass is 276 g/mol. The Kier molecular flexibility index (Phi) is 3.64. The number of hydrogen-bond donors (Lipinski definition) is 1. The predicted octanol–water partition coefficient (Wildman–Crippen LogP) is 2.39. The molecule has 5 heteroatoms. The Morgan fingerprint density at radius 2 is 1.95 bits per heavy atom. The second-order valence-electron chi connectivity index (χ2n) is 4.40. The molecule has 0 spiro atoms. The van der Waals surface area contributed by atoms with E-state index in [0.29, 0.717) is 0 Å². The first-order chi connectivity index (χ1) is 10.3. The van der Waals surface area contributed by atoms with E-state index < -0.39 is 0 Å². The third-order valence-corrected chi connectivity index (χ3v) is 2.95. The molecule has 3 aromatic rings. The van der Waals surface area contributed by atoms with Gasteiger partial charge in [0.05, 0.1) is 12.4 Å². The van der Waals surface area contributed by atoms with Crippen LogP contribution in [0.15, 0.2) is 66.2 Å². The molecule has 3 rings (SSSR count). The molecule has 0 unspecified atom stereocenters. The van der Waals surface area contributed by atoms with Crippen LogP contribution in [0, 0.1) is 0 Å². The van der Waals surface area contributed by atoms with Gasteiger partial charge in [-0.15, -0.1) is 0 Å². The van der Waals surface area contributed by atoms with Gasteiger partial charge >= 0.3 is 0 Å². The van der Waals surface area contributed by atoms with Gasteiger partial charge in [-0.3, -0.25) is 9.78 Å². The van der Waals surface area contributed by atoms with Crippen molar-refractivity contribution in [2.75, 3.05) is 0 Å². The normalized spacial score (nSPS) is 10.9. The lowest BCUT2D eigenvalue weighted by Crippen LogP contribution is -2.19. The summed E-state index contributed by atoms with van der Waals surface area (Å²) in [6.45, 7) is 0. The molecule has 2 aromatic carbocycles. The topological polar surface area (TPSA) is 67.2 Å². The summed E-state index contributed by atoms with van der Waals surface area (Å²) >= 11 is 0. The fourth-order valence-electron chi connectivity index (χ4n) is 1.93. The highest BCUT2D eigenvalue weighted by Gasteiger charge is 2.04. The highest BCUT2D eigenvalue weighted by atomic mass is 16.2. The number of amides is 1. The Bertz CT molecular complexity index is 799. The van der Waals surface area contributed by atoms with Crippen molar-refractivity contribution in [2.45, 2.75) is 0 Å². The summed E-state index contributed by atoms with van der Waals surface area (Å²) in [5, 5.41) is 6.22. The molecule has 1 heterocycles. The van der Waals surface area contributed by atoms with Crippen LogP contribution in [0.3, 0.4) is 0 Å². The number of hydrogen-bond acceptors (Lipinski definition) is 4. The smallest absolute Gasteiger partial charge is 0.265 e. The lowest BCUT2D eigenvalue weighted by atomic mass is 10.1. The van der Waals surface area contributed by atoms with E-state index in [4.69, 9.17) is 0 Å². The van der Waals surface area contributed by atoms with E-state index in [1.54, 1.807) is 6.21 Å². The van der Waals surface area contributed by atoms with Crippen LogP contribution in [0.2, 0.25) is 0 Å². The quantitative estimate of drug-likeness (QED) is 0.590. The Balaban J connectivity index is 1.71. The summed E-state index contributed by atoms with van der Waals surface area (Å²) in [5.41, 5.74) is 3.56. The number of nitrogens with one attached hydrogen (secondary N) is 1. The first-order valence-electron chi connectivity index (χ1n) is 6.41. The number of nitrogens with zero attached hydrogens (tertiary/aromatic N) is 3. The summed E-state index contributed by atoms with van der Waals surface area (Å²) < 4.78 is 0. The minimum Gasteiger partial charge on any atom is -0.265 e. The first-order valence-corrected chi connectivity index (χ1v) is 6.41. The van der Waals surface area contributed by atoms with Crippen molar-refractivity contribution < 1.29 is 4.79 Å². The van der Waals surface area contributed by atoms with Gasteiger partial charge in [-0.2, -0.15) is 5.10 Å². The van der Waals surface area contributed by atoms with Crippen LogP contribution in [-0.4, -0.2) is 22.1 Å². The number of hydrazone groups is 1. The number of rotatable bonds is 3. The van der Waals surface area contributed by atoms with Crippen LogP contribution in [-0.2, 0) is 0 Å². The summed E-state index contributed by atoms with van der Waals surface area (Å²) in [6.07, 6.45) is 5.96. The molecule has 0 bridgehead atoms. The number of aromatic nitrogens is 2. The van der Waals surface area contributed by atoms with Gasteiger partial charge in [0, 0.05) is 12.4 Å². The molecule has 5 nitrogen and oxygen atoms in total. The maximum absolute atomic E-state index is 11.7. The second-order valence-corrected chi connectivity index (χ2v) is 4.40. The van der Waals surface area contributed by atoms with Crippen LogP contribution in [0.5, 0.6) is 0 Å². The zero-order chi connectivity index (χ0) is 14.5. The molecule has 0 fully saturated rings. The van der Waals surface area contributed by atoms with Crippen LogP contribution in [0.25, 0.3) is 10.8 Å². The molecule has 0 aliphatic rings. The number of carbonyl (C=O) groups excluding carboxylic acids is 1. The summed E-state index contributed by atoms with van der Waals surface area (Å²) in [7, 11) is 0. The Morgan fingerprint density at radius 1 is 1.10 bits per heavy atom. The Morgan fingerprint density at radius 3 is 2.76 bits per heavy atom. The maximum Gasteiger partial charge on any atom is 0.291 e. The van der Waals surface area contributed by atoms with Gasteiger partial charge in [0.1, 0.15) is 5.69 Å². The van der Waals surface area contributed by atoms with Gasteiger partial charge in [0.15, 0.2) is 0 Å². The van der Waals surface area contributed by atoms with Gasteiger partial charge in [-0.25, -0.2) is 10.4 Å². The standard InChI is InChI=1S/C16H12N4O/c21-16(15-11-17-7-8-18-15)20-19-10-12-5-6-13-3-1-2-4-14(13)9-12/h1-11H,(H,20,21)/b19-10+. The van der Waals surface area contributed by atoms with Crippen molar-refractivity contribution in [3.63, 3.8) is 0 Å². The van der Waals surface area contributed by atoms with E-state index >= 15 is 0 Å². The van der Waals surface area contributed by atoms with Crippen molar-refractivity contribution in [3.8, 4) is 0 Å². The summed E-state index contributed by atoms with van der Waals surface area (Å²) in [4.78, 5) is 19.4. The molecule has 0 aliphatic heterocycles. The average Bonchev–Trinajstić information content (AvgIpc) is 2.55. The van der Waals surface area contributed by atoms with Crippen LogP contribution in [0.4, 0.5) is 0 Å². The van der Waals surface area contributed by atoms with E-state index in [1.165, 1.54) is 24.0 Å². The third kappa shape index (κ3) is 3.09. The zero-order valence-corrected chi connectivity index (χ0v) is 11.1. The number of fused-ring (bicyclic) bond motifs is 1. The van der Waals surface area contributed by atoms with Crippen LogP contribution >= 0.6 is 0 Å². The van der Waals surface area contributed by atoms with Crippen molar-refractivity contribution in [1.29, 1.82) is 0 Å². The van der Waals surface area contributed by atoms with Crippen molar-refractivity contribution in [2.24, 2.45) is 5.10 Å². The molecule has 0 saturated carbocycles. The maximum atomic E-state index is 11.7. The fourth-order valence-corrected chi connectivity index (χ4v) is 1.93. The lowest BCUT2D eigenvalue weighted by Gasteiger charge is -2.00. The molecule has 0 atom stereocenters. The van der Waals surface area contributed by atoms with Gasteiger partial charge in [0.2, 0.25) is 0 Å². The largest absolute Gasteiger partial charge is 0.291 e. The average molecular weight is 276 g/mol.